The van der Waals surface area contributed by atoms with E-state index in [1.54, 1.807) is 24.8 Å². The molecule has 1 aromatic carbocycles. The van der Waals surface area contributed by atoms with Crippen molar-refractivity contribution in [2.45, 2.75) is 40.5 Å². The van der Waals surface area contributed by atoms with E-state index >= 15 is 0 Å². The third-order valence-corrected chi connectivity index (χ3v) is 3.50. The summed E-state index contributed by atoms with van der Waals surface area (Å²) in [6.45, 7) is 8.75. The van der Waals surface area contributed by atoms with Gasteiger partial charge in [0.05, 0.1) is 11.1 Å². The highest BCUT2D eigenvalue weighted by Crippen LogP contribution is 2.21. The van der Waals surface area contributed by atoms with Gasteiger partial charge in [-0.15, -0.1) is 0 Å². The van der Waals surface area contributed by atoms with Gasteiger partial charge in [0, 0.05) is 13.1 Å². The summed E-state index contributed by atoms with van der Waals surface area (Å²) in [4.78, 5) is 25.8. The monoisotopic (exact) mass is 277 g/mol. The van der Waals surface area contributed by atoms with Crippen LogP contribution < -0.4 is 0 Å². The molecule has 4 heteroatoms. The van der Waals surface area contributed by atoms with Gasteiger partial charge in [-0.1, -0.05) is 25.5 Å². The number of benzene rings is 1. The molecule has 0 atom stereocenters. The predicted octanol–water partition coefficient (Wildman–Crippen LogP) is 3.26. The number of aromatic carboxylic acids is 1. The number of nitrogens with zero attached hydrogens (tertiary/aromatic N) is 1. The molecule has 4 nitrogen and oxygen atoms in total. The number of carboxylic acid groups (broad SMARTS) is 1. The number of hydrogen-bond donors (Lipinski definition) is 1. The minimum Gasteiger partial charge on any atom is -0.478 e. The molecule has 0 saturated carbocycles. The first-order valence-corrected chi connectivity index (χ1v) is 7.06. The Hall–Kier alpha value is -1.84. The van der Waals surface area contributed by atoms with Crippen LogP contribution in [0.4, 0.5) is 0 Å². The third kappa shape index (κ3) is 3.38. The first-order valence-electron chi connectivity index (χ1n) is 7.06. The van der Waals surface area contributed by atoms with Crippen LogP contribution in [0.2, 0.25) is 0 Å². The normalized spacial score (nSPS) is 10.4. The van der Waals surface area contributed by atoms with Crippen molar-refractivity contribution in [1.82, 2.24) is 4.90 Å². The van der Waals surface area contributed by atoms with Crippen LogP contribution in [0.15, 0.2) is 12.1 Å². The molecule has 1 rings (SSSR count). The van der Waals surface area contributed by atoms with Crippen LogP contribution in [0.1, 0.15) is 58.5 Å². The zero-order valence-electron chi connectivity index (χ0n) is 12.7. The van der Waals surface area contributed by atoms with Gasteiger partial charge in [-0.3, -0.25) is 4.79 Å². The minimum absolute atomic E-state index is 0.130. The van der Waals surface area contributed by atoms with Crippen LogP contribution in [-0.4, -0.2) is 35.0 Å². The van der Waals surface area contributed by atoms with Crippen LogP contribution >= 0.6 is 0 Å². The predicted molar refractivity (Wildman–Crippen MR) is 79.4 cm³/mol. The summed E-state index contributed by atoms with van der Waals surface area (Å²) in [5.74, 6) is -1.22. The Morgan fingerprint density at radius 1 is 1.10 bits per heavy atom. The van der Waals surface area contributed by atoms with E-state index in [4.69, 9.17) is 0 Å². The van der Waals surface area contributed by atoms with Crippen molar-refractivity contribution in [3.8, 4) is 0 Å². The first kappa shape index (κ1) is 16.2. The number of rotatable bonds is 6. The SMILES string of the molecule is CCCCN(CC)C(=O)c1c(C)ccc(C)c1C(=O)O. The second-order valence-electron chi connectivity index (χ2n) is 4.99. The Bertz CT molecular complexity index is 509. The van der Waals surface area contributed by atoms with Crippen molar-refractivity contribution in [2.75, 3.05) is 13.1 Å². The Balaban J connectivity index is 3.26. The first-order chi connectivity index (χ1) is 9.43. The average Bonchev–Trinajstić information content (AvgIpc) is 2.41. The Morgan fingerprint density at radius 2 is 1.65 bits per heavy atom. The van der Waals surface area contributed by atoms with E-state index in [2.05, 4.69) is 6.92 Å². The van der Waals surface area contributed by atoms with Gasteiger partial charge in [0.1, 0.15) is 0 Å². The summed E-state index contributed by atoms with van der Waals surface area (Å²) in [5, 5.41) is 9.38. The fraction of sp³-hybridized carbons (Fsp3) is 0.500. The Labute approximate surface area is 120 Å². The minimum atomic E-state index is -1.04. The summed E-state index contributed by atoms with van der Waals surface area (Å²) >= 11 is 0. The van der Waals surface area contributed by atoms with E-state index in [1.807, 2.05) is 13.0 Å². The van der Waals surface area contributed by atoms with Gasteiger partial charge in [0.25, 0.3) is 5.91 Å². The molecule has 110 valence electrons. The summed E-state index contributed by atoms with van der Waals surface area (Å²) in [5.41, 5.74) is 1.80. The van der Waals surface area contributed by atoms with Crippen molar-refractivity contribution < 1.29 is 14.7 Å². The molecule has 0 radical (unpaired) electrons. The average molecular weight is 277 g/mol. The quantitative estimate of drug-likeness (QED) is 0.868. The van der Waals surface area contributed by atoms with E-state index in [-0.39, 0.29) is 11.5 Å². The lowest BCUT2D eigenvalue weighted by Crippen LogP contribution is -2.33. The highest BCUT2D eigenvalue weighted by atomic mass is 16.4. The van der Waals surface area contributed by atoms with Crippen LogP contribution in [0.3, 0.4) is 0 Å². The number of unbranched alkanes of at least 4 members (excludes halogenated alkanes) is 1. The molecule has 0 saturated heterocycles. The Kier molecular flexibility index (Phi) is 5.74. The second kappa shape index (κ2) is 7.08. The fourth-order valence-corrected chi connectivity index (χ4v) is 2.27. The maximum Gasteiger partial charge on any atom is 0.336 e. The van der Waals surface area contributed by atoms with Gasteiger partial charge in [0.15, 0.2) is 0 Å². The molecule has 0 bridgehead atoms. The van der Waals surface area contributed by atoms with Gasteiger partial charge in [-0.25, -0.2) is 4.79 Å². The van der Waals surface area contributed by atoms with Gasteiger partial charge in [-0.05, 0) is 38.3 Å². The summed E-state index contributed by atoms with van der Waals surface area (Å²) in [6, 6.07) is 3.56. The van der Waals surface area contributed by atoms with Gasteiger partial charge in [0.2, 0.25) is 0 Å². The molecule has 1 aromatic rings. The van der Waals surface area contributed by atoms with Crippen molar-refractivity contribution in [3.63, 3.8) is 0 Å². The number of amides is 1. The number of hydrogen-bond acceptors (Lipinski definition) is 2. The molecule has 0 aromatic heterocycles. The van der Waals surface area contributed by atoms with Crippen molar-refractivity contribution in [3.05, 3.63) is 34.4 Å². The van der Waals surface area contributed by atoms with E-state index in [9.17, 15) is 14.7 Å². The largest absolute Gasteiger partial charge is 0.478 e. The van der Waals surface area contributed by atoms with Crippen LogP contribution in [0.25, 0.3) is 0 Å². The molecule has 0 aliphatic rings. The third-order valence-electron chi connectivity index (χ3n) is 3.50. The molecule has 1 amide bonds. The lowest BCUT2D eigenvalue weighted by atomic mass is 9.96. The number of aryl methyl sites for hydroxylation is 2. The highest BCUT2D eigenvalue weighted by molar-refractivity contribution is 6.06. The van der Waals surface area contributed by atoms with E-state index < -0.39 is 5.97 Å². The summed E-state index contributed by atoms with van der Waals surface area (Å²) in [6.07, 6.45) is 1.93. The van der Waals surface area contributed by atoms with E-state index in [0.29, 0.717) is 29.8 Å². The molecule has 1 N–H and O–H groups in total. The lowest BCUT2D eigenvalue weighted by molar-refractivity contribution is 0.0675. The summed E-state index contributed by atoms with van der Waals surface area (Å²) in [7, 11) is 0. The van der Waals surface area contributed by atoms with Gasteiger partial charge >= 0.3 is 5.97 Å². The molecule has 0 aliphatic carbocycles. The molecule has 0 unspecified atom stereocenters. The number of carbonyl (C=O) groups excluding carboxylic acids is 1. The number of carboxylic acids is 1. The molecule has 0 spiro atoms. The van der Waals surface area contributed by atoms with Crippen molar-refractivity contribution in [2.24, 2.45) is 0 Å². The molecule has 0 aliphatic heterocycles. The van der Waals surface area contributed by atoms with Crippen LogP contribution in [0.5, 0.6) is 0 Å². The molecule has 20 heavy (non-hydrogen) atoms. The smallest absolute Gasteiger partial charge is 0.336 e. The standard InChI is InChI=1S/C16H23NO3/c1-5-7-10-17(6-2)15(18)13-11(3)8-9-12(4)14(13)16(19)20/h8-9H,5-7,10H2,1-4H3,(H,19,20). The maximum atomic E-state index is 12.6. The maximum absolute atomic E-state index is 12.6. The van der Waals surface area contributed by atoms with E-state index in [0.717, 1.165) is 12.8 Å². The summed E-state index contributed by atoms with van der Waals surface area (Å²) < 4.78 is 0. The second-order valence-corrected chi connectivity index (χ2v) is 4.99. The lowest BCUT2D eigenvalue weighted by Gasteiger charge is -2.23. The van der Waals surface area contributed by atoms with Crippen molar-refractivity contribution >= 4 is 11.9 Å². The Morgan fingerprint density at radius 3 is 2.10 bits per heavy atom. The molecule has 0 fully saturated rings. The topological polar surface area (TPSA) is 57.6 Å². The van der Waals surface area contributed by atoms with Crippen LogP contribution in [-0.2, 0) is 0 Å². The van der Waals surface area contributed by atoms with E-state index in [1.165, 1.54) is 0 Å². The number of carbonyl (C=O) groups is 2. The molecular weight excluding hydrogens is 254 g/mol. The van der Waals surface area contributed by atoms with Crippen LogP contribution in [0, 0.1) is 13.8 Å². The molecule has 0 heterocycles. The fourth-order valence-electron chi connectivity index (χ4n) is 2.27. The van der Waals surface area contributed by atoms with Gasteiger partial charge < -0.3 is 10.0 Å². The van der Waals surface area contributed by atoms with Crippen molar-refractivity contribution in [1.29, 1.82) is 0 Å². The molecular formula is C16H23NO3. The highest BCUT2D eigenvalue weighted by Gasteiger charge is 2.24. The van der Waals surface area contributed by atoms with Gasteiger partial charge in [-0.2, -0.15) is 0 Å². The zero-order chi connectivity index (χ0) is 15.3. The zero-order valence-corrected chi connectivity index (χ0v) is 12.7.